The minimum atomic E-state index is -0.0154. The first kappa shape index (κ1) is 11.9. The van der Waals surface area contributed by atoms with Crippen LogP contribution in [0.15, 0.2) is 18.3 Å². The van der Waals surface area contributed by atoms with Gasteiger partial charge in [-0.15, -0.1) is 0 Å². The molecule has 0 aliphatic rings. The molecule has 0 aliphatic heterocycles. The van der Waals surface area contributed by atoms with Gasteiger partial charge in [0.05, 0.1) is 0 Å². The first-order chi connectivity index (χ1) is 7.99. The fourth-order valence-corrected chi connectivity index (χ4v) is 1.31. The molecular weight excluding hydrogens is 214 g/mol. The molecule has 91 valence electrons. The van der Waals surface area contributed by atoms with Gasteiger partial charge in [0.1, 0.15) is 12.3 Å². The van der Waals surface area contributed by atoms with Gasteiger partial charge in [-0.3, -0.25) is 0 Å². The number of hydrogen-bond donors (Lipinski definition) is 1. The van der Waals surface area contributed by atoms with Gasteiger partial charge in [0.25, 0.3) is 0 Å². The maximum Gasteiger partial charge on any atom is 0.215 e. The second kappa shape index (κ2) is 4.37. The van der Waals surface area contributed by atoms with E-state index in [2.05, 4.69) is 34.8 Å². The van der Waals surface area contributed by atoms with Crippen molar-refractivity contribution in [2.45, 2.75) is 19.4 Å². The average Bonchev–Trinajstić information content (AvgIpc) is 2.73. The van der Waals surface area contributed by atoms with Gasteiger partial charge in [-0.1, -0.05) is 0 Å². The van der Waals surface area contributed by atoms with Crippen molar-refractivity contribution in [2.24, 2.45) is 0 Å². The molecule has 2 heterocycles. The SMILES string of the molecule is CN(C)C(C)(C)COc1ccc2[c]c[nH]c2n1. The third-order valence-corrected chi connectivity index (χ3v) is 3.09. The second-order valence-corrected chi connectivity index (χ2v) is 4.97. The van der Waals surface area contributed by atoms with Crippen LogP contribution in [-0.2, 0) is 0 Å². The van der Waals surface area contributed by atoms with Crippen LogP contribution in [0.3, 0.4) is 0 Å². The molecule has 0 unspecified atom stereocenters. The molecule has 2 aromatic heterocycles. The first-order valence-electron chi connectivity index (χ1n) is 5.65. The molecule has 0 atom stereocenters. The van der Waals surface area contributed by atoms with Gasteiger partial charge in [-0.2, -0.15) is 4.98 Å². The normalized spacial score (nSPS) is 12.3. The van der Waals surface area contributed by atoms with E-state index in [1.165, 1.54) is 0 Å². The minimum absolute atomic E-state index is 0.0154. The van der Waals surface area contributed by atoms with Crippen molar-refractivity contribution < 1.29 is 4.74 Å². The Bertz CT molecular complexity index is 502. The number of pyridine rings is 1. The van der Waals surface area contributed by atoms with Crippen molar-refractivity contribution in [3.05, 3.63) is 24.4 Å². The van der Waals surface area contributed by atoms with Gasteiger partial charge in [0, 0.05) is 29.3 Å². The zero-order valence-corrected chi connectivity index (χ0v) is 10.7. The number of nitrogens with zero attached hydrogens (tertiary/aromatic N) is 2. The topological polar surface area (TPSA) is 41.1 Å². The van der Waals surface area contributed by atoms with E-state index >= 15 is 0 Å². The van der Waals surface area contributed by atoms with E-state index in [1.807, 2.05) is 26.2 Å². The molecule has 0 aromatic carbocycles. The highest BCUT2D eigenvalue weighted by atomic mass is 16.5. The van der Waals surface area contributed by atoms with E-state index in [1.54, 1.807) is 6.20 Å². The van der Waals surface area contributed by atoms with Crippen molar-refractivity contribution in [3.8, 4) is 5.88 Å². The summed E-state index contributed by atoms with van der Waals surface area (Å²) in [4.78, 5) is 9.53. The van der Waals surface area contributed by atoms with E-state index in [-0.39, 0.29) is 5.54 Å². The maximum absolute atomic E-state index is 5.72. The van der Waals surface area contributed by atoms with Gasteiger partial charge in [-0.25, -0.2) is 0 Å². The van der Waals surface area contributed by atoms with E-state index < -0.39 is 0 Å². The van der Waals surface area contributed by atoms with Crippen molar-refractivity contribution in [1.82, 2.24) is 14.9 Å². The summed E-state index contributed by atoms with van der Waals surface area (Å²) in [5.41, 5.74) is 0.795. The molecule has 4 nitrogen and oxygen atoms in total. The Balaban J connectivity index is 2.08. The fourth-order valence-electron chi connectivity index (χ4n) is 1.31. The summed E-state index contributed by atoms with van der Waals surface area (Å²) < 4.78 is 5.72. The number of ether oxygens (including phenoxy) is 1. The molecular formula is C13H18N3O. The standard InChI is InChI=1S/C13H18N3O/c1-13(2,16(3)4)9-17-11-6-5-10-7-8-14-12(10)15-11/h5-6,8H,9H2,1-4H3,(H,14,15). The lowest BCUT2D eigenvalue weighted by Gasteiger charge is -2.31. The van der Waals surface area contributed by atoms with E-state index in [0.29, 0.717) is 12.5 Å². The Labute approximate surface area is 102 Å². The molecule has 0 saturated heterocycles. The van der Waals surface area contributed by atoms with Crippen LogP contribution in [0.5, 0.6) is 5.88 Å². The predicted molar refractivity (Wildman–Crippen MR) is 68.2 cm³/mol. The van der Waals surface area contributed by atoms with Gasteiger partial charge in [0.2, 0.25) is 5.88 Å². The second-order valence-electron chi connectivity index (χ2n) is 4.97. The summed E-state index contributed by atoms with van der Waals surface area (Å²) in [6.45, 7) is 4.87. The number of nitrogens with one attached hydrogen (secondary N) is 1. The Morgan fingerprint density at radius 3 is 2.88 bits per heavy atom. The van der Waals surface area contributed by atoms with Crippen molar-refractivity contribution in [3.63, 3.8) is 0 Å². The summed E-state index contributed by atoms with van der Waals surface area (Å²) in [7, 11) is 4.08. The predicted octanol–water partition coefficient (Wildman–Crippen LogP) is 2.08. The van der Waals surface area contributed by atoms with Crippen molar-refractivity contribution in [1.29, 1.82) is 0 Å². The molecule has 0 amide bonds. The molecule has 2 aromatic rings. The lowest BCUT2D eigenvalue weighted by Crippen LogP contribution is -2.43. The molecule has 0 spiro atoms. The number of aromatic nitrogens is 2. The van der Waals surface area contributed by atoms with Crippen LogP contribution in [0, 0.1) is 6.07 Å². The summed E-state index contributed by atoms with van der Waals surface area (Å²) in [6.07, 6.45) is 1.76. The van der Waals surface area contributed by atoms with Crippen LogP contribution in [-0.4, -0.2) is 41.1 Å². The molecule has 1 radical (unpaired) electrons. The molecule has 0 fully saturated rings. The van der Waals surface area contributed by atoms with Crippen LogP contribution < -0.4 is 4.74 Å². The summed E-state index contributed by atoms with van der Waals surface area (Å²) in [5.74, 6) is 0.642. The number of rotatable bonds is 4. The lowest BCUT2D eigenvalue weighted by atomic mass is 10.1. The summed E-state index contributed by atoms with van der Waals surface area (Å²) in [6, 6.07) is 6.88. The quantitative estimate of drug-likeness (QED) is 0.877. The number of likely N-dealkylation sites (N-methyl/N-ethyl adjacent to an activating group) is 1. The van der Waals surface area contributed by atoms with Crippen LogP contribution in [0.1, 0.15) is 13.8 Å². The first-order valence-corrected chi connectivity index (χ1v) is 5.65. The molecule has 2 rings (SSSR count). The molecule has 0 bridgehead atoms. The third kappa shape index (κ3) is 2.58. The Hall–Kier alpha value is -1.55. The van der Waals surface area contributed by atoms with Gasteiger partial charge >= 0.3 is 0 Å². The molecule has 0 aliphatic carbocycles. The zero-order valence-electron chi connectivity index (χ0n) is 10.7. The molecule has 0 saturated carbocycles. The average molecular weight is 232 g/mol. The van der Waals surface area contributed by atoms with Gasteiger partial charge in [0.15, 0.2) is 0 Å². The highest BCUT2D eigenvalue weighted by Gasteiger charge is 2.21. The van der Waals surface area contributed by atoms with Crippen molar-refractivity contribution in [2.75, 3.05) is 20.7 Å². The Morgan fingerprint density at radius 1 is 1.41 bits per heavy atom. The van der Waals surface area contributed by atoms with Crippen LogP contribution in [0.2, 0.25) is 0 Å². The maximum atomic E-state index is 5.72. The summed E-state index contributed by atoms with van der Waals surface area (Å²) in [5, 5.41) is 0.976. The number of fused-ring (bicyclic) bond motifs is 1. The van der Waals surface area contributed by atoms with Crippen LogP contribution in [0.4, 0.5) is 0 Å². The fraction of sp³-hybridized carbons (Fsp3) is 0.462. The third-order valence-electron chi connectivity index (χ3n) is 3.09. The smallest absolute Gasteiger partial charge is 0.215 e. The Morgan fingerprint density at radius 2 is 2.18 bits per heavy atom. The van der Waals surface area contributed by atoms with E-state index in [4.69, 9.17) is 4.74 Å². The van der Waals surface area contributed by atoms with Crippen LogP contribution in [0.25, 0.3) is 11.0 Å². The van der Waals surface area contributed by atoms with E-state index in [0.717, 1.165) is 11.0 Å². The van der Waals surface area contributed by atoms with Gasteiger partial charge < -0.3 is 14.6 Å². The number of hydrogen-bond acceptors (Lipinski definition) is 3. The highest BCUT2D eigenvalue weighted by Crippen LogP contribution is 2.17. The monoisotopic (exact) mass is 232 g/mol. The van der Waals surface area contributed by atoms with E-state index in [9.17, 15) is 0 Å². The largest absolute Gasteiger partial charge is 0.476 e. The highest BCUT2D eigenvalue weighted by molar-refractivity contribution is 5.74. The molecule has 1 N–H and O–H groups in total. The minimum Gasteiger partial charge on any atom is -0.476 e. The molecule has 4 heteroatoms. The van der Waals surface area contributed by atoms with Gasteiger partial charge in [-0.05, 0) is 34.0 Å². The number of H-pyrrole nitrogens is 1. The number of aromatic amines is 1. The van der Waals surface area contributed by atoms with Crippen molar-refractivity contribution >= 4 is 11.0 Å². The molecule has 17 heavy (non-hydrogen) atoms. The zero-order chi connectivity index (χ0) is 12.5. The van der Waals surface area contributed by atoms with Crippen LogP contribution >= 0.6 is 0 Å². The Kier molecular flexibility index (Phi) is 3.07. The lowest BCUT2D eigenvalue weighted by molar-refractivity contribution is 0.111. The summed E-state index contributed by atoms with van der Waals surface area (Å²) >= 11 is 0.